The Kier molecular flexibility index (Phi) is 5.49. The third kappa shape index (κ3) is 4.36. The molecule has 0 aromatic heterocycles. The summed E-state index contributed by atoms with van der Waals surface area (Å²) < 4.78 is 0. The van der Waals surface area contributed by atoms with Crippen molar-refractivity contribution in [3.8, 4) is 0 Å². The molecular weight excluding hydrogens is 300 g/mol. The lowest BCUT2D eigenvalue weighted by molar-refractivity contribution is 0.102. The minimum absolute atomic E-state index is 0.212. The maximum Gasteiger partial charge on any atom is 0.173 e. The fourth-order valence-corrected chi connectivity index (χ4v) is 3.52. The SMILES string of the molecule is Cc1cc(C)c(C(=O)CSCc2ccc(Cl)cc2)c(C)c1. The summed E-state index contributed by atoms with van der Waals surface area (Å²) in [7, 11) is 0. The van der Waals surface area contributed by atoms with Gasteiger partial charge in [0.15, 0.2) is 5.78 Å². The molecule has 0 saturated heterocycles. The highest BCUT2D eigenvalue weighted by Crippen LogP contribution is 2.21. The summed E-state index contributed by atoms with van der Waals surface area (Å²) in [5, 5.41) is 0.741. The molecule has 0 N–H and O–H groups in total. The van der Waals surface area contributed by atoms with Crippen LogP contribution in [-0.4, -0.2) is 11.5 Å². The summed E-state index contributed by atoms with van der Waals surface area (Å²) in [5.74, 6) is 1.55. The average Bonchev–Trinajstić information content (AvgIpc) is 2.40. The first-order chi connectivity index (χ1) is 9.97. The summed E-state index contributed by atoms with van der Waals surface area (Å²) in [6.45, 7) is 6.08. The lowest BCUT2D eigenvalue weighted by Gasteiger charge is -2.10. The standard InChI is InChI=1S/C18H19ClOS/c1-12-8-13(2)18(14(3)9-12)17(20)11-21-10-15-4-6-16(19)7-5-15/h4-9H,10-11H2,1-3H3. The quantitative estimate of drug-likeness (QED) is 0.688. The molecule has 3 heteroatoms. The Hall–Kier alpha value is -1.25. The van der Waals surface area contributed by atoms with Crippen LogP contribution in [0.1, 0.15) is 32.6 Å². The highest BCUT2D eigenvalue weighted by atomic mass is 35.5. The van der Waals surface area contributed by atoms with Gasteiger partial charge in [0.05, 0.1) is 5.75 Å². The predicted molar refractivity (Wildman–Crippen MR) is 92.6 cm³/mol. The van der Waals surface area contributed by atoms with Crippen molar-refractivity contribution in [1.82, 2.24) is 0 Å². The molecule has 0 spiro atoms. The highest BCUT2D eigenvalue weighted by molar-refractivity contribution is 7.99. The number of ketones is 1. The molecule has 0 aliphatic carbocycles. The van der Waals surface area contributed by atoms with E-state index in [2.05, 4.69) is 19.1 Å². The van der Waals surface area contributed by atoms with E-state index in [0.29, 0.717) is 5.75 Å². The van der Waals surface area contributed by atoms with Gasteiger partial charge in [-0.05, 0) is 49.6 Å². The van der Waals surface area contributed by atoms with Gasteiger partial charge in [-0.3, -0.25) is 4.79 Å². The van der Waals surface area contributed by atoms with E-state index in [0.717, 1.165) is 27.5 Å². The normalized spacial score (nSPS) is 10.7. The number of carbonyl (C=O) groups excluding carboxylic acids is 1. The molecule has 0 heterocycles. The monoisotopic (exact) mass is 318 g/mol. The summed E-state index contributed by atoms with van der Waals surface area (Å²) in [5.41, 5.74) is 5.42. The lowest BCUT2D eigenvalue weighted by atomic mass is 9.97. The number of hydrogen-bond acceptors (Lipinski definition) is 2. The van der Waals surface area contributed by atoms with E-state index in [1.807, 2.05) is 38.1 Å². The average molecular weight is 319 g/mol. The summed E-state index contributed by atoms with van der Waals surface area (Å²) in [6.07, 6.45) is 0. The van der Waals surface area contributed by atoms with Crippen molar-refractivity contribution in [3.05, 3.63) is 69.2 Å². The molecule has 0 amide bonds. The Morgan fingerprint density at radius 2 is 1.62 bits per heavy atom. The van der Waals surface area contributed by atoms with E-state index in [-0.39, 0.29) is 5.78 Å². The van der Waals surface area contributed by atoms with Crippen LogP contribution in [0.3, 0.4) is 0 Å². The van der Waals surface area contributed by atoms with Crippen molar-refractivity contribution >= 4 is 29.1 Å². The second-order valence-corrected chi connectivity index (χ2v) is 6.74. The molecule has 0 saturated carbocycles. The van der Waals surface area contributed by atoms with Crippen LogP contribution in [0, 0.1) is 20.8 Å². The molecule has 1 nitrogen and oxygen atoms in total. The van der Waals surface area contributed by atoms with Crippen molar-refractivity contribution in [3.63, 3.8) is 0 Å². The number of aryl methyl sites for hydroxylation is 3. The molecular formula is C18H19ClOS. The van der Waals surface area contributed by atoms with Gasteiger partial charge < -0.3 is 0 Å². The number of carbonyl (C=O) groups is 1. The van der Waals surface area contributed by atoms with Crippen molar-refractivity contribution in [2.75, 3.05) is 5.75 Å². The van der Waals surface area contributed by atoms with E-state index in [9.17, 15) is 4.79 Å². The van der Waals surface area contributed by atoms with Crippen molar-refractivity contribution < 1.29 is 4.79 Å². The zero-order valence-corrected chi connectivity index (χ0v) is 14.1. The van der Waals surface area contributed by atoms with Crippen LogP contribution in [0.25, 0.3) is 0 Å². The van der Waals surface area contributed by atoms with Gasteiger partial charge in [-0.15, -0.1) is 11.8 Å². The molecule has 0 radical (unpaired) electrons. The van der Waals surface area contributed by atoms with E-state index in [4.69, 9.17) is 11.6 Å². The number of hydrogen-bond donors (Lipinski definition) is 0. The lowest BCUT2D eigenvalue weighted by Crippen LogP contribution is -2.08. The van der Waals surface area contributed by atoms with E-state index in [1.165, 1.54) is 11.1 Å². The molecule has 2 aromatic carbocycles. The number of halogens is 1. The molecule has 0 aliphatic rings. The zero-order valence-electron chi connectivity index (χ0n) is 12.6. The van der Waals surface area contributed by atoms with Gasteiger partial charge in [-0.2, -0.15) is 0 Å². The maximum absolute atomic E-state index is 12.4. The molecule has 0 bridgehead atoms. The molecule has 2 rings (SSSR count). The second kappa shape index (κ2) is 7.15. The fraction of sp³-hybridized carbons (Fsp3) is 0.278. The topological polar surface area (TPSA) is 17.1 Å². The first kappa shape index (κ1) is 16.1. The third-order valence-electron chi connectivity index (χ3n) is 3.37. The molecule has 110 valence electrons. The van der Waals surface area contributed by atoms with Crippen LogP contribution >= 0.6 is 23.4 Å². The first-order valence-electron chi connectivity index (χ1n) is 6.90. The van der Waals surface area contributed by atoms with Crippen LogP contribution in [0.5, 0.6) is 0 Å². The van der Waals surface area contributed by atoms with Crippen LogP contribution in [0.15, 0.2) is 36.4 Å². The van der Waals surface area contributed by atoms with Crippen LogP contribution in [0.4, 0.5) is 0 Å². The second-order valence-electron chi connectivity index (χ2n) is 5.32. The van der Waals surface area contributed by atoms with E-state index < -0.39 is 0 Å². The van der Waals surface area contributed by atoms with Gasteiger partial charge in [0.25, 0.3) is 0 Å². The number of rotatable bonds is 5. The smallest absolute Gasteiger partial charge is 0.173 e. The van der Waals surface area contributed by atoms with Gasteiger partial charge in [0.1, 0.15) is 0 Å². The van der Waals surface area contributed by atoms with Crippen LogP contribution < -0.4 is 0 Å². The molecule has 0 atom stereocenters. The summed E-state index contributed by atoms with van der Waals surface area (Å²) in [6, 6.07) is 11.9. The Morgan fingerprint density at radius 3 is 2.19 bits per heavy atom. The third-order valence-corrected chi connectivity index (χ3v) is 4.63. The number of Topliss-reactive ketones (excluding diaryl/α,β-unsaturated/α-hetero) is 1. The molecule has 21 heavy (non-hydrogen) atoms. The molecule has 0 unspecified atom stereocenters. The Balaban J connectivity index is 1.98. The fourth-order valence-electron chi connectivity index (χ4n) is 2.53. The molecule has 2 aromatic rings. The number of benzene rings is 2. The Labute approximate surface area is 135 Å². The summed E-state index contributed by atoms with van der Waals surface area (Å²) >= 11 is 7.51. The van der Waals surface area contributed by atoms with E-state index >= 15 is 0 Å². The van der Waals surface area contributed by atoms with Gasteiger partial charge in [-0.25, -0.2) is 0 Å². The minimum Gasteiger partial charge on any atom is -0.293 e. The molecule has 0 aliphatic heterocycles. The van der Waals surface area contributed by atoms with Crippen molar-refractivity contribution in [1.29, 1.82) is 0 Å². The zero-order chi connectivity index (χ0) is 15.4. The van der Waals surface area contributed by atoms with Crippen LogP contribution in [-0.2, 0) is 5.75 Å². The predicted octanol–water partition coefficient (Wildman–Crippen LogP) is 5.38. The van der Waals surface area contributed by atoms with E-state index in [1.54, 1.807) is 11.8 Å². The maximum atomic E-state index is 12.4. The van der Waals surface area contributed by atoms with Crippen LogP contribution in [0.2, 0.25) is 5.02 Å². The van der Waals surface area contributed by atoms with Crippen molar-refractivity contribution in [2.24, 2.45) is 0 Å². The minimum atomic E-state index is 0.212. The first-order valence-corrected chi connectivity index (χ1v) is 8.44. The van der Waals surface area contributed by atoms with Gasteiger partial charge >= 0.3 is 0 Å². The molecule has 0 fully saturated rings. The van der Waals surface area contributed by atoms with Crippen molar-refractivity contribution in [2.45, 2.75) is 26.5 Å². The Bertz CT molecular complexity index is 624. The Morgan fingerprint density at radius 1 is 1.05 bits per heavy atom. The van der Waals surface area contributed by atoms with Gasteiger partial charge in [0.2, 0.25) is 0 Å². The highest BCUT2D eigenvalue weighted by Gasteiger charge is 2.12. The van der Waals surface area contributed by atoms with Gasteiger partial charge in [0, 0.05) is 16.3 Å². The largest absolute Gasteiger partial charge is 0.293 e. The summed E-state index contributed by atoms with van der Waals surface area (Å²) in [4.78, 5) is 12.4. The number of thioether (sulfide) groups is 1. The van der Waals surface area contributed by atoms with Gasteiger partial charge in [-0.1, -0.05) is 41.4 Å².